The van der Waals surface area contributed by atoms with E-state index < -0.39 is 33.3 Å². The third-order valence-corrected chi connectivity index (χ3v) is 6.79. The van der Waals surface area contributed by atoms with E-state index in [2.05, 4.69) is 15.8 Å². The number of hydrazine groups is 1. The van der Waals surface area contributed by atoms with E-state index in [0.29, 0.717) is 5.69 Å². The molecule has 1 saturated heterocycles. The van der Waals surface area contributed by atoms with Gasteiger partial charge in [0.2, 0.25) is 10.0 Å². The van der Waals surface area contributed by atoms with Gasteiger partial charge in [-0.05, 0) is 24.6 Å². The molecule has 0 saturated carbocycles. The Hall–Kier alpha value is -2.33. The lowest BCUT2D eigenvalue weighted by molar-refractivity contribution is -0.147. The smallest absolute Gasteiger partial charge is 0.313 e. The fourth-order valence-corrected chi connectivity index (χ4v) is 5.02. The van der Waals surface area contributed by atoms with Gasteiger partial charge in [0.15, 0.2) is 5.37 Å². The van der Waals surface area contributed by atoms with Crippen LogP contribution in [0.25, 0.3) is 0 Å². The van der Waals surface area contributed by atoms with E-state index in [1.807, 2.05) is 36.4 Å². The number of ether oxygens (including phenoxy) is 1. The number of aromatic nitrogens is 1. The lowest BCUT2D eigenvalue weighted by atomic mass is 10.0. The average molecular weight is 404 g/mol. The molecule has 3 rings (SSSR count). The van der Waals surface area contributed by atoms with Crippen LogP contribution in [0.15, 0.2) is 54.7 Å². The third kappa shape index (κ3) is 4.07. The van der Waals surface area contributed by atoms with E-state index in [0.717, 1.165) is 5.56 Å². The quantitative estimate of drug-likeness (QED) is 0.665. The molecule has 0 radical (unpaired) electrons. The van der Waals surface area contributed by atoms with Crippen LogP contribution in [0.4, 0.5) is 0 Å². The second-order valence-corrected chi connectivity index (χ2v) is 8.55. The highest BCUT2D eigenvalue weighted by Gasteiger charge is 2.46. The molecule has 1 aliphatic heterocycles. The number of carbonyl (C=O) groups is 1. The van der Waals surface area contributed by atoms with E-state index in [4.69, 9.17) is 4.74 Å². The van der Waals surface area contributed by atoms with Crippen LogP contribution in [-0.4, -0.2) is 49.2 Å². The number of esters is 1. The number of hydrogen-bond donors (Lipinski definition) is 2. The van der Waals surface area contributed by atoms with Crippen molar-refractivity contribution in [2.45, 2.75) is 18.3 Å². The third-order valence-electron chi connectivity index (χ3n) is 4.69. The number of nitrogens with zero attached hydrogens (tertiary/aromatic N) is 2. The van der Waals surface area contributed by atoms with Crippen molar-refractivity contribution >= 4 is 16.0 Å². The Balaban J connectivity index is 1.98. The molecule has 2 aromatic rings. The molecular formula is C19H24N4O4S. The summed E-state index contributed by atoms with van der Waals surface area (Å²) in [4.78, 5) is 16.6. The Kier molecular flexibility index (Phi) is 6.40. The van der Waals surface area contributed by atoms with Crippen LogP contribution in [0, 0.1) is 5.92 Å². The first-order chi connectivity index (χ1) is 13.5. The van der Waals surface area contributed by atoms with Gasteiger partial charge in [0, 0.05) is 19.8 Å². The minimum absolute atomic E-state index is 0.177. The highest BCUT2D eigenvalue weighted by Crippen LogP contribution is 2.31. The summed E-state index contributed by atoms with van der Waals surface area (Å²) in [6.45, 7) is 2.06. The molecule has 1 aromatic carbocycles. The van der Waals surface area contributed by atoms with Gasteiger partial charge in [-0.15, -0.1) is 0 Å². The Bertz CT molecular complexity index is 853. The molecule has 1 aliphatic rings. The van der Waals surface area contributed by atoms with Gasteiger partial charge in [-0.3, -0.25) is 15.2 Å². The first kappa shape index (κ1) is 20.4. The Morgan fingerprint density at radius 2 is 1.96 bits per heavy atom. The summed E-state index contributed by atoms with van der Waals surface area (Å²) in [5, 5.41) is -1.13. The monoisotopic (exact) mass is 404 g/mol. The number of carbonyl (C=O) groups excluding carboxylic acids is 1. The summed E-state index contributed by atoms with van der Waals surface area (Å²) in [6, 6.07) is 14.0. The second-order valence-electron chi connectivity index (χ2n) is 6.43. The minimum Gasteiger partial charge on any atom is -0.466 e. The molecule has 2 heterocycles. The molecule has 0 bridgehead atoms. The van der Waals surface area contributed by atoms with Gasteiger partial charge in [-0.25, -0.2) is 13.8 Å². The van der Waals surface area contributed by atoms with Gasteiger partial charge < -0.3 is 4.74 Å². The number of hydrogen-bond acceptors (Lipinski definition) is 7. The van der Waals surface area contributed by atoms with Crippen molar-refractivity contribution in [3.8, 4) is 0 Å². The zero-order valence-electron chi connectivity index (χ0n) is 15.8. The molecule has 3 atom stereocenters. The van der Waals surface area contributed by atoms with Crippen molar-refractivity contribution in [3.05, 3.63) is 66.0 Å². The second kappa shape index (κ2) is 8.78. The molecular weight excluding hydrogens is 380 g/mol. The summed E-state index contributed by atoms with van der Waals surface area (Å²) >= 11 is 0. The number of pyridine rings is 1. The molecule has 0 aliphatic carbocycles. The molecule has 2 N–H and O–H groups in total. The van der Waals surface area contributed by atoms with Gasteiger partial charge in [-0.2, -0.15) is 4.31 Å². The van der Waals surface area contributed by atoms with Crippen molar-refractivity contribution < 1.29 is 17.9 Å². The van der Waals surface area contributed by atoms with Crippen molar-refractivity contribution in [1.82, 2.24) is 20.1 Å². The van der Waals surface area contributed by atoms with E-state index in [-0.39, 0.29) is 13.2 Å². The van der Waals surface area contributed by atoms with Crippen LogP contribution < -0.4 is 10.9 Å². The van der Waals surface area contributed by atoms with E-state index in [1.54, 1.807) is 25.3 Å². The highest BCUT2D eigenvalue weighted by molar-refractivity contribution is 7.89. The molecule has 3 unspecified atom stereocenters. The molecule has 28 heavy (non-hydrogen) atoms. The lowest BCUT2D eigenvalue weighted by Crippen LogP contribution is -2.49. The fraction of sp³-hybridized carbons (Fsp3) is 0.368. The van der Waals surface area contributed by atoms with Crippen LogP contribution in [0.2, 0.25) is 0 Å². The zero-order valence-corrected chi connectivity index (χ0v) is 16.6. The summed E-state index contributed by atoms with van der Waals surface area (Å²) in [5.74, 6) is -1.39. The van der Waals surface area contributed by atoms with E-state index in [1.165, 1.54) is 11.4 Å². The standard InChI is InChI=1S/C19H24N4O4S/c1-3-27-19(24)15-13-21-22-18(15)28(25,26)23(2)17(14-9-5-4-6-10-14)16-11-7-8-12-20-16/h4-12,15,17-18,21-22H,3,13H2,1-2H3. The number of rotatable bonds is 7. The number of benzene rings is 1. The fourth-order valence-electron chi connectivity index (χ4n) is 3.28. The summed E-state index contributed by atoms with van der Waals surface area (Å²) in [7, 11) is -2.42. The Labute approximate surface area is 164 Å². The van der Waals surface area contributed by atoms with Crippen LogP contribution in [-0.2, 0) is 19.6 Å². The predicted molar refractivity (Wildman–Crippen MR) is 104 cm³/mol. The Morgan fingerprint density at radius 3 is 2.61 bits per heavy atom. The average Bonchev–Trinajstić information content (AvgIpc) is 3.21. The maximum atomic E-state index is 13.4. The van der Waals surface area contributed by atoms with Gasteiger partial charge in [0.25, 0.3) is 0 Å². The molecule has 0 amide bonds. The van der Waals surface area contributed by atoms with Crippen molar-refractivity contribution in [3.63, 3.8) is 0 Å². The lowest BCUT2D eigenvalue weighted by Gasteiger charge is -2.31. The Morgan fingerprint density at radius 1 is 1.25 bits per heavy atom. The van der Waals surface area contributed by atoms with Crippen molar-refractivity contribution in [2.24, 2.45) is 5.92 Å². The molecule has 0 spiro atoms. The normalized spacial score (nSPS) is 20.8. The summed E-state index contributed by atoms with van der Waals surface area (Å²) < 4.78 is 33.2. The van der Waals surface area contributed by atoms with Gasteiger partial charge >= 0.3 is 5.97 Å². The SMILES string of the molecule is CCOC(=O)C1CNNC1S(=O)(=O)N(C)C(c1ccccc1)c1ccccn1. The van der Waals surface area contributed by atoms with Crippen LogP contribution in [0.3, 0.4) is 0 Å². The molecule has 1 fully saturated rings. The largest absolute Gasteiger partial charge is 0.466 e. The molecule has 1 aromatic heterocycles. The molecule has 8 nitrogen and oxygen atoms in total. The maximum Gasteiger partial charge on any atom is 0.313 e. The van der Waals surface area contributed by atoms with Crippen LogP contribution >= 0.6 is 0 Å². The molecule has 9 heteroatoms. The van der Waals surface area contributed by atoms with Gasteiger partial charge in [0.05, 0.1) is 18.3 Å². The number of nitrogens with one attached hydrogen (secondary N) is 2. The minimum atomic E-state index is -3.93. The zero-order chi connectivity index (χ0) is 20.1. The van der Waals surface area contributed by atoms with Crippen molar-refractivity contribution in [2.75, 3.05) is 20.2 Å². The number of sulfonamides is 1. The summed E-state index contributed by atoms with van der Waals surface area (Å²) in [6.07, 6.45) is 1.63. The van der Waals surface area contributed by atoms with E-state index in [9.17, 15) is 13.2 Å². The van der Waals surface area contributed by atoms with Crippen LogP contribution in [0.5, 0.6) is 0 Å². The molecule has 150 valence electrons. The highest BCUT2D eigenvalue weighted by atomic mass is 32.2. The predicted octanol–water partition coefficient (Wildman–Crippen LogP) is 1.05. The first-order valence-corrected chi connectivity index (χ1v) is 10.5. The van der Waals surface area contributed by atoms with E-state index >= 15 is 0 Å². The maximum absolute atomic E-state index is 13.4. The van der Waals surface area contributed by atoms with Gasteiger partial charge in [0.1, 0.15) is 5.92 Å². The van der Waals surface area contributed by atoms with Crippen molar-refractivity contribution in [1.29, 1.82) is 0 Å². The van der Waals surface area contributed by atoms with Gasteiger partial charge in [-0.1, -0.05) is 36.4 Å². The first-order valence-electron chi connectivity index (χ1n) is 9.04. The summed E-state index contributed by atoms with van der Waals surface area (Å²) in [5.41, 5.74) is 6.87. The topological polar surface area (TPSA) is 101 Å². The van der Waals surface area contributed by atoms with Crippen LogP contribution in [0.1, 0.15) is 24.2 Å².